The van der Waals surface area contributed by atoms with Crippen molar-refractivity contribution in [2.75, 3.05) is 66.1 Å². The molecule has 2 rings (SSSR count). The summed E-state index contributed by atoms with van der Waals surface area (Å²) in [6.07, 6.45) is 4.85. The molecular weight excluding hydrogens is 472 g/mol. The van der Waals surface area contributed by atoms with Crippen molar-refractivity contribution in [2.24, 2.45) is 0 Å². The number of epoxide rings is 2. The Kier molecular flexibility index (Phi) is 18.2. The highest BCUT2D eigenvalue weighted by atomic mass is 28.4. The molecule has 0 spiro atoms. The Labute approximate surface area is 210 Å². The summed E-state index contributed by atoms with van der Waals surface area (Å²) in [4.78, 5) is 0. The third-order valence-corrected chi connectivity index (χ3v) is 11.3. The molecule has 204 valence electrons. The quantitative estimate of drug-likeness (QED) is 0.115. The molecule has 0 aromatic heterocycles. The van der Waals surface area contributed by atoms with Crippen molar-refractivity contribution >= 4 is 17.1 Å². The lowest BCUT2D eigenvalue weighted by molar-refractivity contribution is 0.112. The van der Waals surface area contributed by atoms with Crippen molar-refractivity contribution in [3.8, 4) is 0 Å². The highest BCUT2D eigenvalue weighted by Crippen LogP contribution is 2.18. The lowest BCUT2D eigenvalue weighted by Gasteiger charge is -2.26. The molecule has 0 aromatic rings. The van der Waals surface area contributed by atoms with E-state index in [1.165, 1.54) is 0 Å². The number of ether oxygens (including phenoxy) is 4. The molecule has 0 N–H and O–H groups in total. The standard InChI is InChI=1S/C13H28O4Si.C11H24O4Si/c1-4-7-16-18(3,17-8-5-2)10-6-9-14-11-13-12-15-13;1-4-14-16(3,15-5-2)8-6-7-12-9-11-10-13-11/h13H,4-12H2,1-3H3;11H,4-10H2,1-3H3. The van der Waals surface area contributed by atoms with Crippen molar-refractivity contribution in [2.45, 2.75) is 90.8 Å². The van der Waals surface area contributed by atoms with Crippen molar-refractivity contribution in [3.63, 3.8) is 0 Å². The average molecular weight is 525 g/mol. The topological polar surface area (TPSA) is 80.4 Å². The molecule has 2 fully saturated rings. The zero-order valence-corrected chi connectivity index (χ0v) is 24.7. The van der Waals surface area contributed by atoms with Gasteiger partial charge in [-0.2, -0.15) is 0 Å². The molecule has 2 saturated heterocycles. The maximum absolute atomic E-state index is 5.96. The molecule has 2 aliphatic rings. The van der Waals surface area contributed by atoms with E-state index in [1.54, 1.807) is 0 Å². The number of hydrogen-bond donors (Lipinski definition) is 0. The van der Waals surface area contributed by atoms with Crippen LogP contribution in [0.15, 0.2) is 0 Å². The predicted molar refractivity (Wildman–Crippen MR) is 139 cm³/mol. The fourth-order valence-electron chi connectivity index (χ4n) is 3.37. The molecule has 2 heterocycles. The van der Waals surface area contributed by atoms with Gasteiger partial charge in [0.1, 0.15) is 12.2 Å². The Balaban J connectivity index is 0.000000342. The zero-order valence-electron chi connectivity index (χ0n) is 22.7. The van der Waals surface area contributed by atoms with Crippen LogP contribution in [0.1, 0.15) is 53.4 Å². The van der Waals surface area contributed by atoms with Gasteiger partial charge in [0.2, 0.25) is 0 Å². The lowest BCUT2D eigenvalue weighted by Crippen LogP contribution is -2.39. The van der Waals surface area contributed by atoms with Crippen LogP contribution in [0.5, 0.6) is 0 Å². The highest BCUT2D eigenvalue weighted by Gasteiger charge is 2.31. The second-order valence-corrected chi connectivity index (χ2v) is 15.8. The SMILES string of the molecule is CCCO[Si](C)(CCCOCC1CO1)OCCC.CCO[Si](C)(CCCOCC1CO1)OCC. The summed E-state index contributed by atoms with van der Waals surface area (Å²) in [6.45, 7) is 20.5. The number of rotatable bonds is 22. The smallest absolute Gasteiger partial charge is 0.335 e. The van der Waals surface area contributed by atoms with E-state index >= 15 is 0 Å². The summed E-state index contributed by atoms with van der Waals surface area (Å²) in [5.41, 5.74) is 0. The van der Waals surface area contributed by atoms with Crippen LogP contribution < -0.4 is 0 Å². The monoisotopic (exact) mass is 524 g/mol. The maximum atomic E-state index is 5.96. The minimum absolute atomic E-state index is 0.362. The Hall–Kier alpha value is 0.114. The van der Waals surface area contributed by atoms with Gasteiger partial charge in [0, 0.05) is 39.6 Å². The van der Waals surface area contributed by atoms with Gasteiger partial charge in [-0.3, -0.25) is 0 Å². The molecular formula is C24H52O8Si2. The molecule has 0 aromatic carbocycles. The van der Waals surface area contributed by atoms with E-state index < -0.39 is 17.1 Å². The molecule has 0 aliphatic carbocycles. The molecule has 0 bridgehead atoms. The Morgan fingerprint density at radius 2 is 1.00 bits per heavy atom. The van der Waals surface area contributed by atoms with Gasteiger partial charge in [-0.15, -0.1) is 0 Å². The van der Waals surface area contributed by atoms with Gasteiger partial charge < -0.3 is 36.7 Å². The van der Waals surface area contributed by atoms with Gasteiger partial charge in [-0.1, -0.05) is 13.8 Å². The zero-order chi connectivity index (χ0) is 25.1. The van der Waals surface area contributed by atoms with Crippen LogP contribution >= 0.6 is 0 Å². The molecule has 0 radical (unpaired) electrons. The minimum Gasteiger partial charge on any atom is -0.395 e. The van der Waals surface area contributed by atoms with Crippen LogP contribution in [0.3, 0.4) is 0 Å². The van der Waals surface area contributed by atoms with Crippen molar-refractivity contribution in [1.29, 1.82) is 0 Å². The van der Waals surface area contributed by atoms with E-state index in [9.17, 15) is 0 Å². The van der Waals surface area contributed by atoms with Crippen LogP contribution in [0.25, 0.3) is 0 Å². The lowest BCUT2D eigenvalue weighted by atomic mass is 10.5. The molecule has 34 heavy (non-hydrogen) atoms. The Bertz CT molecular complexity index is 464. The number of hydrogen-bond acceptors (Lipinski definition) is 8. The van der Waals surface area contributed by atoms with E-state index in [0.29, 0.717) is 12.2 Å². The second kappa shape index (κ2) is 19.3. The summed E-state index contributed by atoms with van der Waals surface area (Å²) in [5.74, 6) is 0. The highest BCUT2D eigenvalue weighted by molar-refractivity contribution is 6.66. The largest absolute Gasteiger partial charge is 0.395 e. The van der Waals surface area contributed by atoms with Crippen LogP contribution in [-0.4, -0.2) is 95.4 Å². The van der Waals surface area contributed by atoms with Crippen molar-refractivity contribution in [3.05, 3.63) is 0 Å². The molecule has 2 atom stereocenters. The van der Waals surface area contributed by atoms with Crippen molar-refractivity contribution in [1.82, 2.24) is 0 Å². The molecule has 8 nitrogen and oxygen atoms in total. The summed E-state index contributed by atoms with van der Waals surface area (Å²) < 4.78 is 44.6. The second-order valence-electron chi connectivity index (χ2n) is 9.10. The molecule has 2 aliphatic heterocycles. The predicted octanol–water partition coefficient (Wildman–Crippen LogP) is 4.65. The summed E-state index contributed by atoms with van der Waals surface area (Å²) >= 11 is 0. The Morgan fingerprint density at radius 3 is 1.32 bits per heavy atom. The van der Waals surface area contributed by atoms with Crippen LogP contribution in [-0.2, 0) is 36.7 Å². The third-order valence-electron chi connectivity index (χ3n) is 5.37. The van der Waals surface area contributed by atoms with E-state index in [4.69, 9.17) is 36.7 Å². The fourth-order valence-corrected chi connectivity index (χ4v) is 8.18. The normalized spacial score (nSPS) is 19.6. The maximum Gasteiger partial charge on any atom is 0.335 e. The first kappa shape index (κ1) is 32.1. The van der Waals surface area contributed by atoms with Gasteiger partial charge in [0.25, 0.3) is 0 Å². The fraction of sp³-hybridized carbons (Fsp3) is 1.00. The van der Waals surface area contributed by atoms with E-state index in [-0.39, 0.29) is 0 Å². The van der Waals surface area contributed by atoms with Crippen LogP contribution in [0.4, 0.5) is 0 Å². The van der Waals surface area contributed by atoms with Gasteiger partial charge in [-0.25, -0.2) is 0 Å². The summed E-state index contributed by atoms with van der Waals surface area (Å²) in [7, 11) is -3.89. The van der Waals surface area contributed by atoms with E-state index in [1.807, 2.05) is 13.8 Å². The van der Waals surface area contributed by atoms with E-state index in [0.717, 1.165) is 104 Å². The average Bonchev–Trinajstić information content (AvgIpc) is 3.73. The first-order valence-corrected chi connectivity index (χ1v) is 18.4. The van der Waals surface area contributed by atoms with Gasteiger partial charge >= 0.3 is 17.1 Å². The first-order chi connectivity index (χ1) is 16.4. The molecule has 2 unspecified atom stereocenters. The Morgan fingerprint density at radius 1 is 0.618 bits per heavy atom. The molecule has 0 amide bonds. The third kappa shape index (κ3) is 17.5. The van der Waals surface area contributed by atoms with Crippen LogP contribution in [0.2, 0.25) is 25.2 Å². The van der Waals surface area contributed by atoms with Gasteiger partial charge in [0.15, 0.2) is 0 Å². The van der Waals surface area contributed by atoms with Crippen LogP contribution in [0, 0.1) is 0 Å². The minimum atomic E-state index is -1.96. The molecule has 10 heteroatoms. The molecule has 0 saturated carbocycles. The summed E-state index contributed by atoms with van der Waals surface area (Å²) in [5, 5.41) is 0. The summed E-state index contributed by atoms with van der Waals surface area (Å²) in [6, 6.07) is 2.01. The van der Waals surface area contributed by atoms with E-state index in [2.05, 4.69) is 26.9 Å². The van der Waals surface area contributed by atoms with Gasteiger partial charge in [-0.05, 0) is 64.7 Å². The van der Waals surface area contributed by atoms with Gasteiger partial charge in [0.05, 0.1) is 26.4 Å². The van der Waals surface area contributed by atoms with Crippen molar-refractivity contribution < 1.29 is 36.7 Å². The first-order valence-electron chi connectivity index (χ1n) is 13.3.